The van der Waals surface area contributed by atoms with E-state index in [2.05, 4.69) is 5.16 Å². The quantitative estimate of drug-likeness (QED) is 0.871. The molecule has 104 valence electrons. The Morgan fingerprint density at radius 1 is 1.15 bits per heavy atom. The van der Waals surface area contributed by atoms with Crippen LogP contribution in [0.25, 0.3) is 0 Å². The molecule has 0 radical (unpaired) electrons. The second kappa shape index (κ2) is 5.21. The van der Waals surface area contributed by atoms with Gasteiger partial charge in [-0.25, -0.2) is 0 Å². The highest BCUT2D eigenvalue weighted by Gasteiger charge is 2.35. The molecule has 1 aliphatic carbocycles. The van der Waals surface area contributed by atoms with Crippen LogP contribution >= 0.6 is 0 Å². The minimum absolute atomic E-state index is 0.181. The van der Waals surface area contributed by atoms with Crippen molar-refractivity contribution in [3.63, 3.8) is 0 Å². The van der Waals surface area contributed by atoms with Crippen molar-refractivity contribution >= 4 is 5.78 Å². The highest BCUT2D eigenvalue weighted by atomic mass is 16.5. The first kappa shape index (κ1) is 13.1. The normalized spacial score (nSPS) is 17.9. The number of nitrogens with zero attached hydrogens (tertiary/aromatic N) is 1. The first-order chi connectivity index (χ1) is 9.69. The summed E-state index contributed by atoms with van der Waals surface area (Å²) in [5.41, 5.74) is -0.131. The maximum absolute atomic E-state index is 12.2. The molecule has 0 aliphatic heterocycles. The van der Waals surface area contributed by atoms with E-state index < -0.39 is 5.60 Å². The van der Waals surface area contributed by atoms with Gasteiger partial charge in [0.1, 0.15) is 5.60 Å². The van der Waals surface area contributed by atoms with Gasteiger partial charge in [0.25, 0.3) is 0 Å². The lowest BCUT2D eigenvalue weighted by atomic mass is 9.83. The monoisotopic (exact) mass is 271 g/mol. The van der Waals surface area contributed by atoms with Gasteiger partial charge in [0.2, 0.25) is 5.78 Å². The summed E-state index contributed by atoms with van der Waals surface area (Å²) in [5.74, 6) is 0.233. The summed E-state index contributed by atoms with van der Waals surface area (Å²) in [4.78, 5) is 12.2. The zero-order valence-corrected chi connectivity index (χ0v) is 11.2. The van der Waals surface area contributed by atoms with Crippen molar-refractivity contribution in [2.75, 3.05) is 0 Å². The van der Waals surface area contributed by atoms with E-state index >= 15 is 0 Å². The number of carbonyl (C=O) groups is 1. The minimum atomic E-state index is -0.958. The molecule has 4 heteroatoms. The van der Waals surface area contributed by atoms with Gasteiger partial charge in [0, 0.05) is 11.6 Å². The lowest BCUT2D eigenvalue weighted by Gasteiger charge is -2.29. The molecule has 0 saturated heterocycles. The fourth-order valence-corrected chi connectivity index (χ4v) is 2.72. The topological polar surface area (TPSA) is 63.3 Å². The Hall–Kier alpha value is -1.94. The van der Waals surface area contributed by atoms with E-state index in [4.69, 9.17) is 4.52 Å². The van der Waals surface area contributed by atoms with Gasteiger partial charge in [-0.2, -0.15) is 0 Å². The molecule has 1 heterocycles. The van der Waals surface area contributed by atoms with Crippen LogP contribution in [0.1, 0.15) is 53.9 Å². The van der Waals surface area contributed by atoms with Gasteiger partial charge < -0.3 is 9.63 Å². The van der Waals surface area contributed by atoms with Crippen LogP contribution in [0.3, 0.4) is 0 Å². The molecule has 1 aromatic carbocycles. The molecule has 3 rings (SSSR count). The summed E-state index contributed by atoms with van der Waals surface area (Å²) in [7, 11) is 0. The third-order valence-corrected chi connectivity index (χ3v) is 3.92. The van der Waals surface area contributed by atoms with Crippen molar-refractivity contribution in [3.8, 4) is 0 Å². The molecule has 0 unspecified atom stereocenters. The molecule has 0 amide bonds. The first-order valence-corrected chi connectivity index (χ1v) is 6.98. The molecule has 1 N–H and O–H groups in total. The lowest BCUT2D eigenvalue weighted by molar-refractivity contribution is -0.0241. The Labute approximate surface area is 117 Å². The SMILES string of the molecule is O=C(c1ccccc1)c1cc(C2(O)CCCCC2)on1. The Bertz CT molecular complexity index is 597. The smallest absolute Gasteiger partial charge is 0.214 e. The van der Waals surface area contributed by atoms with E-state index in [1.165, 1.54) is 0 Å². The number of hydrogen-bond donors (Lipinski definition) is 1. The van der Waals surface area contributed by atoms with E-state index in [9.17, 15) is 9.90 Å². The summed E-state index contributed by atoms with van der Waals surface area (Å²) >= 11 is 0. The average molecular weight is 271 g/mol. The van der Waals surface area contributed by atoms with Crippen LogP contribution in [0, 0.1) is 0 Å². The number of rotatable bonds is 3. The third-order valence-electron chi connectivity index (χ3n) is 3.92. The molecule has 1 aromatic heterocycles. The van der Waals surface area contributed by atoms with Gasteiger partial charge in [-0.05, 0) is 12.8 Å². The van der Waals surface area contributed by atoms with E-state index in [0.717, 1.165) is 19.3 Å². The molecule has 4 nitrogen and oxygen atoms in total. The zero-order chi connectivity index (χ0) is 14.0. The predicted octanol–water partition coefficient (Wildman–Crippen LogP) is 3.06. The van der Waals surface area contributed by atoms with Crippen LogP contribution in [0.15, 0.2) is 40.9 Å². The fourth-order valence-electron chi connectivity index (χ4n) is 2.72. The summed E-state index contributed by atoms with van der Waals surface area (Å²) in [6.45, 7) is 0. The predicted molar refractivity (Wildman–Crippen MR) is 73.4 cm³/mol. The molecular formula is C16H17NO3. The van der Waals surface area contributed by atoms with Crippen LogP contribution in [-0.4, -0.2) is 16.0 Å². The van der Waals surface area contributed by atoms with Crippen molar-refractivity contribution in [1.29, 1.82) is 0 Å². The molecule has 0 spiro atoms. The van der Waals surface area contributed by atoms with Crippen molar-refractivity contribution in [2.45, 2.75) is 37.7 Å². The number of aromatic nitrogens is 1. The summed E-state index contributed by atoms with van der Waals surface area (Å²) in [6.07, 6.45) is 4.41. The molecular weight excluding hydrogens is 254 g/mol. The van der Waals surface area contributed by atoms with E-state index in [1.807, 2.05) is 18.2 Å². The highest BCUT2D eigenvalue weighted by Crippen LogP contribution is 2.37. The average Bonchev–Trinajstić information content (AvgIpc) is 2.99. The number of ketones is 1. The molecule has 0 bridgehead atoms. The van der Waals surface area contributed by atoms with Gasteiger partial charge >= 0.3 is 0 Å². The Morgan fingerprint density at radius 3 is 2.55 bits per heavy atom. The highest BCUT2D eigenvalue weighted by molar-refractivity contribution is 6.07. The Morgan fingerprint density at radius 2 is 1.85 bits per heavy atom. The van der Waals surface area contributed by atoms with Crippen molar-refractivity contribution in [1.82, 2.24) is 5.16 Å². The standard InChI is InChI=1S/C16H17NO3/c18-15(12-7-3-1-4-8-12)13-11-14(20-17-13)16(19)9-5-2-6-10-16/h1,3-4,7-8,11,19H,2,5-6,9-10H2. The molecule has 20 heavy (non-hydrogen) atoms. The maximum Gasteiger partial charge on any atom is 0.214 e. The van der Waals surface area contributed by atoms with E-state index in [1.54, 1.807) is 18.2 Å². The molecule has 1 fully saturated rings. The second-order valence-corrected chi connectivity index (χ2v) is 5.36. The Kier molecular flexibility index (Phi) is 3.40. The summed E-state index contributed by atoms with van der Waals surface area (Å²) in [5, 5.41) is 14.4. The van der Waals surface area contributed by atoms with Crippen molar-refractivity contribution in [3.05, 3.63) is 53.4 Å². The largest absolute Gasteiger partial charge is 0.382 e. The Balaban J connectivity index is 1.85. The van der Waals surface area contributed by atoms with Crippen LogP contribution < -0.4 is 0 Å². The number of hydrogen-bond acceptors (Lipinski definition) is 4. The van der Waals surface area contributed by atoms with E-state index in [-0.39, 0.29) is 11.5 Å². The van der Waals surface area contributed by atoms with Crippen LogP contribution in [0.2, 0.25) is 0 Å². The zero-order valence-electron chi connectivity index (χ0n) is 11.2. The molecule has 0 atom stereocenters. The van der Waals surface area contributed by atoms with Gasteiger partial charge in [-0.1, -0.05) is 54.8 Å². The van der Waals surface area contributed by atoms with Gasteiger partial charge in [0.05, 0.1) is 0 Å². The molecule has 1 saturated carbocycles. The van der Waals surface area contributed by atoms with Gasteiger partial charge in [0.15, 0.2) is 11.5 Å². The van der Waals surface area contributed by atoms with Gasteiger partial charge in [-0.15, -0.1) is 0 Å². The van der Waals surface area contributed by atoms with Crippen LogP contribution in [-0.2, 0) is 5.60 Å². The summed E-state index contributed by atoms with van der Waals surface area (Å²) < 4.78 is 5.23. The third kappa shape index (κ3) is 2.39. The van der Waals surface area contributed by atoms with Crippen LogP contribution in [0.5, 0.6) is 0 Å². The van der Waals surface area contributed by atoms with Gasteiger partial charge in [-0.3, -0.25) is 4.79 Å². The van der Waals surface area contributed by atoms with Crippen molar-refractivity contribution in [2.24, 2.45) is 0 Å². The summed E-state index contributed by atoms with van der Waals surface area (Å²) in [6, 6.07) is 10.5. The minimum Gasteiger partial charge on any atom is -0.382 e. The first-order valence-electron chi connectivity index (χ1n) is 6.98. The lowest BCUT2D eigenvalue weighted by Crippen LogP contribution is -2.27. The van der Waals surface area contributed by atoms with Crippen LogP contribution in [0.4, 0.5) is 0 Å². The number of aliphatic hydroxyl groups is 1. The van der Waals surface area contributed by atoms with E-state index in [0.29, 0.717) is 24.2 Å². The molecule has 2 aromatic rings. The number of benzene rings is 1. The number of carbonyl (C=O) groups excluding carboxylic acids is 1. The second-order valence-electron chi connectivity index (χ2n) is 5.36. The maximum atomic E-state index is 12.2. The fraction of sp³-hybridized carbons (Fsp3) is 0.375. The molecule has 1 aliphatic rings. The van der Waals surface area contributed by atoms with Crippen molar-refractivity contribution < 1.29 is 14.4 Å².